The molecule has 2 aliphatic rings. The van der Waals surface area contributed by atoms with Crippen molar-refractivity contribution in [3.63, 3.8) is 0 Å². The highest BCUT2D eigenvalue weighted by Crippen LogP contribution is 2.36. The molecule has 0 N–H and O–H groups in total. The number of anilines is 1. The number of furan rings is 1. The summed E-state index contributed by atoms with van der Waals surface area (Å²) in [7, 11) is 1.56. The van der Waals surface area contributed by atoms with Crippen LogP contribution in [0.4, 0.5) is 5.88 Å². The van der Waals surface area contributed by atoms with E-state index in [1.165, 1.54) is 11.3 Å². The molecule has 0 saturated carbocycles. The number of morpholine rings is 1. The zero-order valence-electron chi connectivity index (χ0n) is 22.4. The molecule has 1 saturated heterocycles. The van der Waals surface area contributed by atoms with E-state index < -0.39 is 12.0 Å². The lowest BCUT2D eigenvalue weighted by Gasteiger charge is -2.26. The molecule has 0 spiro atoms. The molecule has 5 rings (SSSR count). The highest BCUT2D eigenvalue weighted by Gasteiger charge is 2.34. The molecule has 39 heavy (non-hydrogen) atoms. The summed E-state index contributed by atoms with van der Waals surface area (Å²) in [6.45, 7) is 8.79. The van der Waals surface area contributed by atoms with E-state index in [1.54, 1.807) is 43.7 Å². The second-order valence-electron chi connectivity index (χ2n) is 8.92. The van der Waals surface area contributed by atoms with Crippen LogP contribution in [0.25, 0.3) is 6.08 Å². The van der Waals surface area contributed by atoms with Gasteiger partial charge in [-0.05, 0) is 44.5 Å². The average Bonchev–Trinajstić information content (AvgIpc) is 3.53. The number of benzene rings is 1. The van der Waals surface area contributed by atoms with Crippen LogP contribution in [0.15, 0.2) is 55.8 Å². The standard InChI is InChI=1S/C28H31N3O7S/c1-5-36-21-15-18(7-9-20(21)34-4)25-24(27(33)37-6-2)17(3)29-28-31(25)26(32)22(39-28)16-19-8-10-23(38-19)30-11-13-35-14-12-30/h7-10,15-16,25H,5-6,11-14H2,1-4H3/b22-16+/t25-/m0/s1. The van der Waals surface area contributed by atoms with Crippen molar-refractivity contribution in [2.24, 2.45) is 4.99 Å². The van der Waals surface area contributed by atoms with Crippen molar-refractivity contribution >= 4 is 29.3 Å². The van der Waals surface area contributed by atoms with Gasteiger partial charge in [-0.25, -0.2) is 9.79 Å². The Morgan fingerprint density at radius 3 is 2.67 bits per heavy atom. The molecule has 1 atom stereocenters. The molecule has 2 aromatic heterocycles. The summed E-state index contributed by atoms with van der Waals surface area (Å²) in [6, 6.07) is 8.36. The first-order chi connectivity index (χ1) is 18.9. The predicted octanol–water partition coefficient (Wildman–Crippen LogP) is 2.64. The number of allylic oxidation sites excluding steroid dienone is 1. The maximum atomic E-state index is 13.9. The van der Waals surface area contributed by atoms with E-state index in [1.807, 2.05) is 25.1 Å². The molecular formula is C28H31N3O7S. The largest absolute Gasteiger partial charge is 0.493 e. The third kappa shape index (κ3) is 5.24. The van der Waals surface area contributed by atoms with E-state index in [0.29, 0.717) is 63.2 Å². The van der Waals surface area contributed by atoms with Crippen LogP contribution in [0.5, 0.6) is 11.5 Å². The maximum absolute atomic E-state index is 13.9. The Hall–Kier alpha value is -3.83. The normalized spacial score (nSPS) is 17.6. The number of hydrogen-bond donors (Lipinski definition) is 0. The molecule has 0 aliphatic carbocycles. The van der Waals surface area contributed by atoms with E-state index in [9.17, 15) is 9.59 Å². The molecule has 3 aromatic rings. The lowest BCUT2D eigenvalue weighted by atomic mass is 9.95. The van der Waals surface area contributed by atoms with Gasteiger partial charge in [-0.2, -0.15) is 0 Å². The van der Waals surface area contributed by atoms with Crippen LogP contribution in [0.1, 0.15) is 38.1 Å². The zero-order valence-corrected chi connectivity index (χ0v) is 23.2. The van der Waals surface area contributed by atoms with Crippen LogP contribution < -0.4 is 29.3 Å². The van der Waals surface area contributed by atoms with Crippen LogP contribution in [-0.4, -0.2) is 57.2 Å². The van der Waals surface area contributed by atoms with E-state index in [0.717, 1.165) is 19.0 Å². The molecule has 11 heteroatoms. The summed E-state index contributed by atoms with van der Waals surface area (Å²) < 4.78 is 30.1. The second-order valence-corrected chi connectivity index (χ2v) is 9.93. The molecule has 206 valence electrons. The van der Waals surface area contributed by atoms with Gasteiger partial charge in [-0.3, -0.25) is 9.36 Å². The van der Waals surface area contributed by atoms with Crippen LogP contribution in [0.2, 0.25) is 0 Å². The topological polar surface area (TPSA) is 105 Å². The number of carbonyl (C=O) groups excluding carboxylic acids is 1. The van der Waals surface area contributed by atoms with Crippen molar-refractivity contribution in [2.45, 2.75) is 26.8 Å². The minimum atomic E-state index is -0.756. The van der Waals surface area contributed by atoms with E-state index >= 15 is 0 Å². The molecule has 2 aliphatic heterocycles. The Bertz CT molecular complexity index is 1580. The number of carbonyl (C=O) groups is 1. The van der Waals surface area contributed by atoms with Crippen molar-refractivity contribution in [3.8, 4) is 11.5 Å². The molecule has 0 bridgehead atoms. The first kappa shape index (κ1) is 26.8. The number of ether oxygens (including phenoxy) is 4. The summed E-state index contributed by atoms with van der Waals surface area (Å²) >= 11 is 1.25. The molecule has 10 nitrogen and oxygen atoms in total. The minimum absolute atomic E-state index is 0.198. The zero-order chi connectivity index (χ0) is 27.5. The van der Waals surface area contributed by atoms with E-state index in [2.05, 4.69) is 9.89 Å². The Kier molecular flexibility index (Phi) is 7.89. The lowest BCUT2D eigenvalue weighted by molar-refractivity contribution is -0.139. The first-order valence-corrected chi connectivity index (χ1v) is 13.7. The average molecular weight is 554 g/mol. The Balaban J connectivity index is 1.63. The van der Waals surface area contributed by atoms with Gasteiger partial charge in [0, 0.05) is 25.2 Å². The Morgan fingerprint density at radius 2 is 1.95 bits per heavy atom. The summed E-state index contributed by atoms with van der Waals surface area (Å²) in [6.07, 6.45) is 1.72. The Morgan fingerprint density at radius 1 is 1.15 bits per heavy atom. The second kappa shape index (κ2) is 11.5. The van der Waals surface area contributed by atoms with Crippen molar-refractivity contribution < 1.29 is 28.2 Å². The number of fused-ring (bicyclic) bond motifs is 1. The molecule has 4 heterocycles. The highest BCUT2D eigenvalue weighted by molar-refractivity contribution is 7.07. The van der Waals surface area contributed by atoms with Crippen LogP contribution in [-0.2, 0) is 14.3 Å². The minimum Gasteiger partial charge on any atom is -0.493 e. The predicted molar refractivity (Wildman–Crippen MR) is 146 cm³/mol. The van der Waals surface area contributed by atoms with Gasteiger partial charge >= 0.3 is 5.97 Å². The van der Waals surface area contributed by atoms with Gasteiger partial charge in [-0.15, -0.1) is 0 Å². The van der Waals surface area contributed by atoms with Crippen LogP contribution in [0.3, 0.4) is 0 Å². The van der Waals surface area contributed by atoms with Crippen molar-refractivity contribution in [1.82, 2.24) is 4.57 Å². The van der Waals surface area contributed by atoms with Gasteiger partial charge in [-0.1, -0.05) is 17.4 Å². The summed E-state index contributed by atoms with van der Waals surface area (Å²) in [5.74, 6) is 1.84. The van der Waals surface area contributed by atoms with Gasteiger partial charge in [0.25, 0.3) is 5.56 Å². The summed E-state index contributed by atoms with van der Waals surface area (Å²) in [4.78, 5) is 34.2. The molecular weight excluding hydrogens is 522 g/mol. The van der Waals surface area contributed by atoms with E-state index in [4.69, 9.17) is 23.4 Å². The number of methoxy groups -OCH3 is 1. The SMILES string of the molecule is CCOC(=O)C1=C(C)N=c2s/c(=C/c3ccc(N4CCOCC4)o3)c(=O)n2[C@H]1c1ccc(OC)c(OCC)c1. The van der Waals surface area contributed by atoms with E-state index in [-0.39, 0.29) is 12.2 Å². The van der Waals surface area contributed by atoms with Crippen molar-refractivity contribution in [2.75, 3.05) is 51.5 Å². The quantitative estimate of drug-likeness (QED) is 0.392. The van der Waals surface area contributed by atoms with Gasteiger partial charge in [0.2, 0.25) is 0 Å². The molecule has 1 aromatic carbocycles. The van der Waals surface area contributed by atoms with Crippen molar-refractivity contribution in [3.05, 3.63) is 72.6 Å². The summed E-state index contributed by atoms with van der Waals surface area (Å²) in [5, 5.41) is 0. The summed E-state index contributed by atoms with van der Waals surface area (Å²) in [5.41, 5.74) is 1.19. The van der Waals surface area contributed by atoms with Gasteiger partial charge in [0.05, 0.1) is 55.4 Å². The Labute approximate surface area is 229 Å². The van der Waals surface area contributed by atoms with Gasteiger partial charge in [0.15, 0.2) is 22.2 Å². The number of esters is 1. The highest BCUT2D eigenvalue weighted by atomic mass is 32.1. The number of hydrogen-bond acceptors (Lipinski definition) is 10. The fourth-order valence-corrected chi connectivity index (χ4v) is 5.77. The number of thiazole rings is 1. The molecule has 0 unspecified atom stereocenters. The third-order valence-electron chi connectivity index (χ3n) is 6.53. The molecule has 0 amide bonds. The number of rotatable bonds is 8. The molecule has 1 fully saturated rings. The van der Waals surface area contributed by atoms with Crippen LogP contribution in [0, 0.1) is 0 Å². The smallest absolute Gasteiger partial charge is 0.338 e. The third-order valence-corrected chi connectivity index (χ3v) is 7.51. The first-order valence-electron chi connectivity index (χ1n) is 12.9. The number of aromatic nitrogens is 1. The fraction of sp³-hybridized carbons (Fsp3) is 0.393. The molecule has 0 radical (unpaired) electrons. The monoisotopic (exact) mass is 553 g/mol. The fourth-order valence-electron chi connectivity index (χ4n) is 4.74. The maximum Gasteiger partial charge on any atom is 0.338 e. The van der Waals surface area contributed by atoms with Gasteiger partial charge in [0.1, 0.15) is 5.76 Å². The van der Waals surface area contributed by atoms with Crippen molar-refractivity contribution in [1.29, 1.82) is 0 Å². The number of nitrogens with zero attached hydrogens (tertiary/aromatic N) is 3. The lowest BCUT2D eigenvalue weighted by Crippen LogP contribution is -2.40. The van der Waals surface area contributed by atoms with Crippen LogP contribution >= 0.6 is 11.3 Å². The van der Waals surface area contributed by atoms with Gasteiger partial charge < -0.3 is 28.3 Å².